The molecule has 0 aromatic heterocycles. The van der Waals surface area contributed by atoms with Crippen LogP contribution in [0.4, 0.5) is 0 Å². The Labute approximate surface area is 230 Å². The van der Waals surface area contributed by atoms with E-state index in [0.29, 0.717) is 36.8 Å². The normalized spacial score (nSPS) is 15.0. The minimum atomic E-state index is -0.675. The predicted octanol–water partition coefficient (Wildman–Crippen LogP) is 5.11. The third-order valence-corrected chi connectivity index (χ3v) is 7.16. The average molecular weight is 534 g/mol. The van der Waals surface area contributed by atoms with E-state index in [0.717, 1.165) is 43.1 Å². The molecule has 1 atom stereocenters. The molecule has 200 valence electrons. The molecule has 2 amide bonds. The number of halogens is 1. The maximum atomic E-state index is 13.3. The zero-order valence-corrected chi connectivity index (χ0v) is 22.6. The largest absolute Gasteiger partial charge is 0.494 e. The second-order valence-corrected chi connectivity index (χ2v) is 10.2. The summed E-state index contributed by atoms with van der Waals surface area (Å²) in [4.78, 5) is 28.8. The van der Waals surface area contributed by atoms with Crippen LogP contribution >= 0.6 is 11.6 Å². The van der Waals surface area contributed by atoms with E-state index in [1.807, 2.05) is 55.5 Å². The fourth-order valence-corrected chi connectivity index (χ4v) is 4.89. The van der Waals surface area contributed by atoms with Crippen LogP contribution in [0.15, 0.2) is 78.9 Å². The summed E-state index contributed by atoms with van der Waals surface area (Å²) in [6.07, 6.45) is 2.46. The van der Waals surface area contributed by atoms with Crippen LogP contribution in [-0.4, -0.2) is 49.0 Å². The third kappa shape index (κ3) is 8.33. The minimum absolute atomic E-state index is 0.160. The number of likely N-dealkylation sites (tertiary alicyclic amines) is 1. The summed E-state index contributed by atoms with van der Waals surface area (Å²) >= 11 is 6.00. The number of ether oxygens (including phenoxy) is 1. The van der Waals surface area contributed by atoms with Crippen molar-refractivity contribution >= 4 is 23.4 Å². The summed E-state index contributed by atoms with van der Waals surface area (Å²) in [6.45, 7) is 5.91. The van der Waals surface area contributed by atoms with Gasteiger partial charge < -0.3 is 15.4 Å². The van der Waals surface area contributed by atoms with Gasteiger partial charge in [0.2, 0.25) is 5.91 Å². The van der Waals surface area contributed by atoms with Gasteiger partial charge in [-0.2, -0.15) is 0 Å². The van der Waals surface area contributed by atoms with Crippen molar-refractivity contribution in [1.29, 1.82) is 0 Å². The number of hydrogen-bond donors (Lipinski definition) is 2. The number of amides is 2. The molecule has 1 fully saturated rings. The van der Waals surface area contributed by atoms with E-state index in [9.17, 15) is 9.59 Å². The molecule has 0 saturated carbocycles. The first-order valence-electron chi connectivity index (χ1n) is 13.3. The Bertz CT molecular complexity index is 1180. The van der Waals surface area contributed by atoms with Crippen LogP contribution in [0.2, 0.25) is 5.02 Å². The van der Waals surface area contributed by atoms with Gasteiger partial charge in [0.1, 0.15) is 11.8 Å². The van der Waals surface area contributed by atoms with E-state index in [2.05, 4.69) is 27.7 Å². The zero-order valence-electron chi connectivity index (χ0n) is 21.9. The summed E-state index contributed by atoms with van der Waals surface area (Å²) in [7, 11) is 0. The van der Waals surface area contributed by atoms with Gasteiger partial charge in [0.25, 0.3) is 5.91 Å². The Hall–Kier alpha value is -3.35. The molecule has 4 rings (SSSR count). The maximum Gasteiger partial charge on any atom is 0.252 e. The summed E-state index contributed by atoms with van der Waals surface area (Å²) in [5.41, 5.74) is 2.72. The molecular formula is C31H36ClN3O3. The van der Waals surface area contributed by atoms with E-state index in [1.165, 1.54) is 5.56 Å². The average Bonchev–Trinajstić information content (AvgIpc) is 2.94. The number of nitrogens with zero attached hydrogens (tertiary/aromatic N) is 1. The van der Waals surface area contributed by atoms with E-state index in [1.54, 1.807) is 18.2 Å². The van der Waals surface area contributed by atoms with Crippen molar-refractivity contribution in [1.82, 2.24) is 15.5 Å². The Morgan fingerprint density at radius 3 is 2.42 bits per heavy atom. The van der Waals surface area contributed by atoms with Gasteiger partial charge in [0, 0.05) is 30.1 Å². The van der Waals surface area contributed by atoms with Crippen LogP contribution in [0.1, 0.15) is 41.3 Å². The van der Waals surface area contributed by atoms with E-state index in [-0.39, 0.29) is 11.8 Å². The first-order chi connectivity index (χ1) is 18.5. The maximum absolute atomic E-state index is 13.3. The highest BCUT2D eigenvalue weighted by Crippen LogP contribution is 2.20. The standard InChI is InChI=1S/C31H36ClN3O3/c1-2-38-28-10-6-9-26(20-28)30(36)34-29(19-23-7-4-3-5-8-23)31(37)33-21-24-15-17-35(18-16-24)22-25-11-13-27(32)14-12-25/h3-14,20,24,29H,2,15-19,21-22H2,1H3,(H,33,37)(H,34,36). The first kappa shape index (κ1) is 27.7. The van der Waals surface area contributed by atoms with Crippen molar-refractivity contribution in [2.45, 2.75) is 38.8 Å². The molecule has 38 heavy (non-hydrogen) atoms. The highest BCUT2D eigenvalue weighted by Gasteiger charge is 2.25. The summed E-state index contributed by atoms with van der Waals surface area (Å²) in [6, 6.07) is 24.1. The molecule has 0 spiro atoms. The fourth-order valence-electron chi connectivity index (χ4n) is 4.76. The van der Waals surface area contributed by atoms with E-state index < -0.39 is 6.04 Å². The quantitative estimate of drug-likeness (QED) is 0.359. The van der Waals surface area contributed by atoms with Crippen molar-refractivity contribution in [2.75, 3.05) is 26.2 Å². The lowest BCUT2D eigenvalue weighted by molar-refractivity contribution is -0.123. The molecule has 1 aliphatic rings. The molecule has 0 radical (unpaired) electrons. The molecule has 1 saturated heterocycles. The molecule has 0 bridgehead atoms. The van der Waals surface area contributed by atoms with Crippen LogP contribution in [0, 0.1) is 5.92 Å². The molecule has 2 N–H and O–H groups in total. The van der Waals surface area contributed by atoms with Gasteiger partial charge >= 0.3 is 0 Å². The monoisotopic (exact) mass is 533 g/mol. The summed E-state index contributed by atoms with van der Waals surface area (Å²) < 4.78 is 5.53. The zero-order chi connectivity index (χ0) is 26.7. The van der Waals surface area contributed by atoms with Gasteiger partial charge in [0.05, 0.1) is 6.61 Å². The smallest absolute Gasteiger partial charge is 0.252 e. The number of rotatable bonds is 11. The molecule has 1 aliphatic heterocycles. The lowest BCUT2D eigenvalue weighted by Gasteiger charge is -2.32. The molecule has 1 heterocycles. The van der Waals surface area contributed by atoms with Crippen LogP contribution < -0.4 is 15.4 Å². The second kappa shape index (κ2) is 14.0. The van der Waals surface area contributed by atoms with Gasteiger partial charge in [-0.05, 0) is 80.2 Å². The van der Waals surface area contributed by atoms with Crippen molar-refractivity contribution < 1.29 is 14.3 Å². The van der Waals surface area contributed by atoms with Crippen molar-refractivity contribution in [2.24, 2.45) is 5.92 Å². The number of nitrogens with one attached hydrogen (secondary N) is 2. The number of carbonyl (C=O) groups is 2. The van der Waals surface area contributed by atoms with Crippen molar-refractivity contribution in [3.8, 4) is 5.75 Å². The van der Waals surface area contributed by atoms with Gasteiger partial charge in [-0.3, -0.25) is 14.5 Å². The number of carbonyl (C=O) groups excluding carboxylic acids is 2. The Kier molecular flexibility index (Phi) is 10.2. The summed E-state index contributed by atoms with van der Waals surface area (Å²) in [5.74, 6) is 0.591. The number of benzene rings is 3. The predicted molar refractivity (Wildman–Crippen MR) is 151 cm³/mol. The highest BCUT2D eigenvalue weighted by atomic mass is 35.5. The Morgan fingerprint density at radius 1 is 0.974 bits per heavy atom. The lowest BCUT2D eigenvalue weighted by atomic mass is 9.96. The highest BCUT2D eigenvalue weighted by molar-refractivity contribution is 6.30. The minimum Gasteiger partial charge on any atom is -0.494 e. The van der Waals surface area contributed by atoms with E-state index >= 15 is 0 Å². The molecule has 1 unspecified atom stereocenters. The fraction of sp³-hybridized carbons (Fsp3) is 0.355. The SMILES string of the molecule is CCOc1cccc(C(=O)NC(Cc2ccccc2)C(=O)NCC2CCN(Cc3ccc(Cl)cc3)CC2)c1. The molecule has 7 heteroatoms. The van der Waals surface area contributed by atoms with Crippen LogP contribution in [0.25, 0.3) is 0 Å². The van der Waals surface area contributed by atoms with Crippen molar-refractivity contribution in [3.63, 3.8) is 0 Å². The topological polar surface area (TPSA) is 70.7 Å². The van der Waals surface area contributed by atoms with Crippen LogP contribution in [0.3, 0.4) is 0 Å². The van der Waals surface area contributed by atoms with Gasteiger partial charge in [-0.15, -0.1) is 0 Å². The Balaban J connectivity index is 1.32. The lowest BCUT2D eigenvalue weighted by Crippen LogP contribution is -2.49. The summed E-state index contributed by atoms with van der Waals surface area (Å²) in [5, 5.41) is 6.83. The Morgan fingerprint density at radius 2 is 1.71 bits per heavy atom. The number of piperidine rings is 1. The second-order valence-electron chi connectivity index (χ2n) is 9.77. The van der Waals surface area contributed by atoms with Gasteiger partial charge in [0.15, 0.2) is 0 Å². The molecule has 3 aromatic rings. The molecule has 0 aliphatic carbocycles. The van der Waals surface area contributed by atoms with Crippen molar-refractivity contribution in [3.05, 3.63) is 101 Å². The molecule has 3 aromatic carbocycles. The van der Waals surface area contributed by atoms with Gasteiger partial charge in [-0.25, -0.2) is 0 Å². The first-order valence-corrected chi connectivity index (χ1v) is 13.7. The van der Waals surface area contributed by atoms with Gasteiger partial charge in [-0.1, -0.05) is 60.1 Å². The van der Waals surface area contributed by atoms with Crippen LogP contribution in [0.5, 0.6) is 5.75 Å². The number of hydrogen-bond acceptors (Lipinski definition) is 4. The van der Waals surface area contributed by atoms with E-state index in [4.69, 9.17) is 16.3 Å². The third-order valence-electron chi connectivity index (χ3n) is 6.90. The molecular weight excluding hydrogens is 498 g/mol. The molecule has 6 nitrogen and oxygen atoms in total. The van der Waals surface area contributed by atoms with Crippen LogP contribution in [-0.2, 0) is 17.8 Å².